The predicted octanol–water partition coefficient (Wildman–Crippen LogP) is 1.64. The molecule has 1 aliphatic heterocycles. The zero-order chi connectivity index (χ0) is 45.1. The number of nitrogens with zero attached hydrogens (tertiary/aromatic N) is 8. The zero-order valence-electron chi connectivity index (χ0n) is 35.9. The number of amides is 2. The third-order valence-corrected chi connectivity index (χ3v) is 11.6. The number of carbonyl (C=O) groups is 4. The van der Waals surface area contributed by atoms with Crippen LogP contribution in [0.3, 0.4) is 0 Å². The van der Waals surface area contributed by atoms with Gasteiger partial charge in [0.15, 0.2) is 5.82 Å². The SMILES string of the molecule is CCCCCNc1nc(N)nc2ccn(Cc3ccc(CN4CCN(C(=O)CCOCCOCCn5cc(CNC(=O)CC(SC[C@H](N)C(=O)O)C(=O)O)nn5)CC4)cc3OC)c12. The molecule has 3 aromatic heterocycles. The normalized spacial score (nSPS) is 14.1. The van der Waals surface area contributed by atoms with Crippen LogP contribution in [0.4, 0.5) is 11.8 Å². The molecule has 0 radical (unpaired) electrons. The monoisotopic (exact) mass is 896 g/mol. The van der Waals surface area contributed by atoms with Crippen LogP contribution in [0.2, 0.25) is 0 Å². The Bertz CT molecular complexity index is 2110. The van der Waals surface area contributed by atoms with Gasteiger partial charge in [-0.1, -0.05) is 37.1 Å². The first kappa shape index (κ1) is 48.5. The number of aromatic nitrogens is 6. The molecule has 1 fully saturated rings. The number of nitrogens with two attached hydrogens (primary N) is 2. The molecule has 5 rings (SSSR count). The summed E-state index contributed by atoms with van der Waals surface area (Å²) in [6, 6.07) is 7.06. The Balaban J connectivity index is 0.937. The first-order chi connectivity index (χ1) is 30.4. The Morgan fingerprint density at radius 1 is 0.968 bits per heavy atom. The van der Waals surface area contributed by atoms with E-state index in [4.69, 9.17) is 30.8 Å². The van der Waals surface area contributed by atoms with Crippen molar-refractivity contribution in [3.05, 3.63) is 53.5 Å². The van der Waals surface area contributed by atoms with E-state index in [2.05, 4.69) is 65.5 Å². The van der Waals surface area contributed by atoms with Crippen molar-refractivity contribution in [2.75, 3.05) is 83.1 Å². The van der Waals surface area contributed by atoms with Crippen molar-refractivity contribution >= 4 is 58.3 Å². The topological polar surface area (TPSA) is 280 Å². The number of unbranched alkanes of at least 4 members (excludes halogenated alkanes) is 2. The summed E-state index contributed by atoms with van der Waals surface area (Å²) in [7, 11) is 1.69. The van der Waals surface area contributed by atoms with Crippen molar-refractivity contribution in [3.8, 4) is 5.75 Å². The first-order valence-electron chi connectivity index (χ1n) is 21.1. The molecule has 0 spiro atoms. The van der Waals surface area contributed by atoms with Crippen molar-refractivity contribution < 1.29 is 43.6 Å². The molecule has 4 aromatic rings. The van der Waals surface area contributed by atoms with Gasteiger partial charge >= 0.3 is 11.9 Å². The fraction of sp³-hybridized carbons (Fsp3) is 0.561. The third-order valence-electron chi connectivity index (χ3n) is 10.3. The molecule has 8 N–H and O–H groups in total. The number of ether oxygens (including phenoxy) is 3. The molecule has 1 unspecified atom stereocenters. The lowest BCUT2D eigenvalue weighted by atomic mass is 10.1. The van der Waals surface area contributed by atoms with E-state index in [0.29, 0.717) is 58.3 Å². The van der Waals surface area contributed by atoms with Crippen LogP contribution < -0.4 is 26.8 Å². The number of hydrogen-bond donors (Lipinski definition) is 6. The summed E-state index contributed by atoms with van der Waals surface area (Å²) < 4.78 is 20.8. The van der Waals surface area contributed by atoms with Crippen LogP contribution in [-0.4, -0.2) is 157 Å². The number of nitrogens with one attached hydrogen (secondary N) is 2. The number of thioether (sulfide) groups is 1. The summed E-state index contributed by atoms with van der Waals surface area (Å²) >= 11 is 0.800. The highest BCUT2D eigenvalue weighted by molar-refractivity contribution is 8.00. The maximum absolute atomic E-state index is 12.9. The summed E-state index contributed by atoms with van der Waals surface area (Å²) in [5, 5.41) is 31.2. The Morgan fingerprint density at radius 3 is 2.48 bits per heavy atom. The molecule has 1 saturated heterocycles. The van der Waals surface area contributed by atoms with Crippen molar-refractivity contribution in [1.29, 1.82) is 0 Å². The molecule has 0 aliphatic carbocycles. The fourth-order valence-electron chi connectivity index (χ4n) is 6.84. The molecule has 1 aromatic carbocycles. The summed E-state index contributed by atoms with van der Waals surface area (Å²) in [6.45, 7) is 8.88. The average Bonchev–Trinajstić information content (AvgIpc) is 3.90. The standard InChI is InChI=1S/C41H60N12O9S/c1-3-4-5-10-44-38-37-32(46-41(43)47-38)8-11-52(37)25-29-7-6-28(21-33(29)60-2)24-50-12-14-51(15-13-50)36(55)9-17-61-19-20-62-18-16-53-26-30(48-49-53)23-45-35(54)22-34(40(58)59)63-27-31(42)39(56)57/h6-8,11,21,26,31,34H,3-5,9-10,12-20,22-25,27,42H2,1-2H3,(H,45,54)(H,56,57)(H,58,59)(H3,43,44,46,47)/t31-,34?/m0/s1. The van der Waals surface area contributed by atoms with Crippen LogP contribution in [-0.2, 0) is 54.8 Å². The number of anilines is 2. The third kappa shape index (κ3) is 15.3. The molecule has 63 heavy (non-hydrogen) atoms. The Hall–Kier alpha value is -5.55. The number of carbonyl (C=O) groups excluding carboxylic acids is 2. The van der Waals surface area contributed by atoms with Gasteiger partial charge in [-0.05, 0) is 24.1 Å². The van der Waals surface area contributed by atoms with Gasteiger partial charge < -0.3 is 56.0 Å². The Morgan fingerprint density at radius 2 is 1.75 bits per heavy atom. The number of rotatable bonds is 28. The van der Waals surface area contributed by atoms with E-state index in [1.54, 1.807) is 18.0 Å². The van der Waals surface area contributed by atoms with E-state index in [9.17, 15) is 24.3 Å². The smallest absolute Gasteiger partial charge is 0.321 e. The number of carboxylic acids is 2. The summed E-state index contributed by atoms with van der Waals surface area (Å²) in [5.74, 6) is -1.30. The second-order valence-corrected chi connectivity index (χ2v) is 16.3. The quantitative estimate of drug-likeness (QED) is 0.0442. The van der Waals surface area contributed by atoms with E-state index in [0.717, 1.165) is 90.9 Å². The number of fused-ring (bicyclic) bond motifs is 1. The van der Waals surface area contributed by atoms with E-state index in [1.165, 1.54) is 0 Å². The van der Waals surface area contributed by atoms with Crippen LogP contribution in [0, 0.1) is 0 Å². The second-order valence-electron chi connectivity index (χ2n) is 15.1. The van der Waals surface area contributed by atoms with Gasteiger partial charge in [0, 0.05) is 63.2 Å². The van der Waals surface area contributed by atoms with Gasteiger partial charge in [-0.15, -0.1) is 16.9 Å². The molecule has 344 valence electrons. The highest BCUT2D eigenvalue weighted by atomic mass is 32.2. The largest absolute Gasteiger partial charge is 0.496 e. The lowest BCUT2D eigenvalue weighted by Crippen LogP contribution is -2.48. The number of benzene rings is 1. The van der Waals surface area contributed by atoms with Crippen LogP contribution >= 0.6 is 11.8 Å². The Kier molecular flexibility index (Phi) is 19.2. The predicted molar refractivity (Wildman–Crippen MR) is 236 cm³/mol. The molecule has 1 aliphatic rings. The lowest BCUT2D eigenvalue weighted by molar-refractivity contribution is -0.139. The first-order valence-corrected chi connectivity index (χ1v) is 22.1. The number of carboxylic acid groups (broad SMARTS) is 2. The molecule has 0 bridgehead atoms. The van der Waals surface area contributed by atoms with E-state index >= 15 is 0 Å². The molecule has 2 atom stereocenters. The van der Waals surface area contributed by atoms with Crippen molar-refractivity contribution in [1.82, 2.24) is 44.6 Å². The maximum Gasteiger partial charge on any atom is 0.321 e. The average molecular weight is 897 g/mol. The van der Waals surface area contributed by atoms with Gasteiger partial charge in [0.2, 0.25) is 17.8 Å². The van der Waals surface area contributed by atoms with Crippen molar-refractivity contribution in [2.45, 2.75) is 76.5 Å². The van der Waals surface area contributed by atoms with Gasteiger partial charge in [0.1, 0.15) is 28.3 Å². The minimum atomic E-state index is -1.25. The van der Waals surface area contributed by atoms with Crippen LogP contribution in [0.15, 0.2) is 36.7 Å². The second kappa shape index (κ2) is 24.9. The van der Waals surface area contributed by atoms with Gasteiger partial charge in [-0.25, -0.2) is 9.67 Å². The van der Waals surface area contributed by atoms with Gasteiger partial charge in [-0.2, -0.15) is 4.98 Å². The summed E-state index contributed by atoms with van der Waals surface area (Å²) in [6.07, 6.45) is 6.91. The number of methoxy groups -OCH3 is 1. The molecular weight excluding hydrogens is 837 g/mol. The summed E-state index contributed by atoms with van der Waals surface area (Å²) in [4.78, 5) is 60.7. The number of aliphatic carboxylic acids is 2. The van der Waals surface area contributed by atoms with Gasteiger partial charge in [0.25, 0.3) is 0 Å². The maximum atomic E-state index is 12.9. The number of nitrogen functional groups attached to an aromatic ring is 1. The molecule has 22 heteroatoms. The molecule has 21 nitrogen and oxygen atoms in total. The summed E-state index contributed by atoms with van der Waals surface area (Å²) in [5.41, 5.74) is 15.8. The molecule has 2 amide bonds. The van der Waals surface area contributed by atoms with E-state index < -0.39 is 29.1 Å². The fourth-order valence-corrected chi connectivity index (χ4v) is 7.84. The highest BCUT2D eigenvalue weighted by Crippen LogP contribution is 2.28. The number of hydrogen-bond acceptors (Lipinski definition) is 16. The lowest BCUT2D eigenvalue weighted by Gasteiger charge is -2.35. The Labute approximate surface area is 370 Å². The molecular formula is C41H60N12O9S. The van der Waals surface area contributed by atoms with E-state index in [1.807, 2.05) is 17.2 Å². The zero-order valence-corrected chi connectivity index (χ0v) is 36.8. The molecule has 4 heterocycles. The van der Waals surface area contributed by atoms with Crippen LogP contribution in [0.25, 0.3) is 11.0 Å². The van der Waals surface area contributed by atoms with Gasteiger partial charge in [-0.3, -0.25) is 24.1 Å². The molecule has 0 saturated carbocycles. The van der Waals surface area contributed by atoms with Gasteiger partial charge in [0.05, 0.1) is 71.3 Å². The van der Waals surface area contributed by atoms with E-state index in [-0.39, 0.29) is 37.0 Å². The van der Waals surface area contributed by atoms with Crippen LogP contribution in [0.1, 0.15) is 55.8 Å². The highest BCUT2D eigenvalue weighted by Gasteiger charge is 2.25. The van der Waals surface area contributed by atoms with Crippen LogP contribution in [0.5, 0.6) is 5.75 Å². The van der Waals surface area contributed by atoms with Crippen molar-refractivity contribution in [2.24, 2.45) is 5.73 Å². The minimum absolute atomic E-state index is 0.0409. The number of piperazine rings is 1. The minimum Gasteiger partial charge on any atom is -0.496 e. The van der Waals surface area contributed by atoms with Crippen molar-refractivity contribution in [3.63, 3.8) is 0 Å².